The molecule has 1 fully saturated rings. The van der Waals surface area contributed by atoms with E-state index in [1.807, 2.05) is 0 Å². The summed E-state index contributed by atoms with van der Waals surface area (Å²) in [6.45, 7) is 16.3. The van der Waals surface area contributed by atoms with Crippen LogP contribution >= 0.6 is 0 Å². The summed E-state index contributed by atoms with van der Waals surface area (Å²) in [6.07, 6.45) is 7.78. The average molecular weight is 283 g/mol. The van der Waals surface area contributed by atoms with Gasteiger partial charge in [-0.3, -0.25) is 4.90 Å². The standard InChI is InChI=1S/C18H38N2/c1-7-16(8-2)20(13-15(3)4)18(14-19)12-10-9-11-17(18,5)6/h15-16H,7-14,19H2,1-6H3. The van der Waals surface area contributed by atoms with Gasteiger partial charge in [0.1, 0.15) is 0 Å². The summed E-state index contributed by atoms with van der Waals surface area (Å²) in [6, 6.07) is 0.679. The van der Waals surface area contributed by atoms with Gasteiger partial charge < -0.3 is 5.73 Å². The highest BCUT2D eigenvalue weighted by Gasteiger charge is 2.50. The van der Waals surface area contributed by atoms with Crippen LogP contribution in [0.5, 0.6) is 0 Å². The molecule has 0 heterocycles. The fourth-order valence-corrected chi connectivity index (χ4v) is 4.38. The van der Waals surface area contributed by atoms with Crippen LogP contribution in [0.4, 0.5) is 0 Å². The van der Waals surface area contributed by atoms with Gasteiger partial charge in [-0.05, 0) is 37.0 Å². The number of nitrogens with zero attached hydrogens (tertiary/aromatic N) is 1. The van der Waals surface area contributed by atoms with Gasteiger partial charge >= 0.3 is 0 Å². The molecule has 1 aliphatic rings. The van der Waals surface area contributed by atoms with Crippen molar-refractivity contribution in [3.8, 4) is 0 Å². The molecule has 0 saturated heterocycles. The summed E-state index contributed by atoms with van der Waals surface area (Å²) in [7, 11) is 0. The number of hydrogen-bond acceptors (Lipinski definition) is 2. The smallest absolute Gasteiger partial charge is 0.0385 e. The maximum atomic E-state index is 6.40. The van der Waals surface area contributed by atoms with Crippen LogP contribution in [0.15, 0.2) is 0 Å². The molecule has 20 heavy (non-hydrogen) atoms. The van der Waals surface area contributed by atoms with E-state index >= 15 is 0 Å². The van der Waals surface area contributed by atoms with Crippen molar-refractivity contribution in [2.45, 2.75) is 91.6 Å². The van der Waals surface area contributed by atoms with Crippen molar-refractivity contribution in [1.82, 2.24) is 4.90 Å². The van der Waals surface area contributed by atoms with E-state index in [9.17, 15) is 0 Å². The highest BCUT2D eigenvalue weighted by Crippen LogP contribution is 2.48. The molecule has 0 aromatic carbocycles. The van der Waals surface area contributed by atoms with E-state index in [-0.39, 0.29) is 5.54 Å². The summed E-state index contributed by atoms with van der Waals surface area (Å²) < 4.78 is 0. The molecule has 0 radical (unpaired) electrons. The van der Waals surface area contributed by atoms with E-state index in [0.717, 1.165) is 6.54 Å². The van der Waals surface area contributed by atoms with Gasteiger partial charge in [-0.1, -0.05) is 54.4 Å². The first-order valence-electron chi connectivity index (χ1n) is 8.81. The second-order valence-electron chi connectivity index (χ2n) is 7.84. The Morgan fingerprint density at radius 1 is 1.05 bits per heavy atom. The first-order valence-corrected chi connectivity index (χ1v) is 8.81. The van der Waals surface area contributed by atoms with Crippen LogP contribution < -0.4 is 5.73 Å². The zero-order valence-electron chi connectivity index (χ0n) is 14.8. The molecule has 1 aliphatic carbocycles. The van der Waals surface area contributed by atoms with Crippen LogP contribution in [-0.4, -0.2) is 29.6 Å². The second-order valence-corrected chi connectivity index (χ2v) is 7.84. The normalized spacial score (nSPS) is 26.7. The van der Waals surface area contributed by atoms with E-state index in [2.05, 4.69) is 46.4 Å². The Kier molecular flexibility index (Phi) is 6.53. The Balaban J connectivity index is 3.17. The zero-order chi connectivity index (χ0) is 15.4. The van der Waals surface area contributed by atoms with Crippen LogP contribution in [0.1, 0.15) is 80.1 Å². The van der Waals surface area contributed by atoms with E-state index in [0.29, 0.717) is 17.4 Å². The molecular weight excluding hydrogens is 244 g/mol. The number of rotatable bonds is 7. The highest BCUT2D eigenvalue weighted by molar-refractivity contribution is 5.06. The fourth-order valence-electron chi connectivity index (χ4n) is 4.38. The van der Waals surface area contributed by atoms with E-state index in [1.165, 1.54) is 45.1 Å². The summed E-state index contributed by atoms with van der Waals surface area (Å²) in [5, 5.41) is 0. The molecule has 0 amide bonds. The SMILES string of the molecule is CCC(CC)N(CC(C)C)C1(CN)CCCCC1(C)C. The van der Waals surface area contributed by atoms with Crippen LogP contribution in [0.2, 0.25) is 0 Å². The third-order valence-electron chi connectivity index (χ3n) is 5.73. The van der Waals surface area contributed by atoms with Gasteiger partial charge in [0, 0.05) is 24.7 Å². The molecule has 0 aliphatic heterocycles. The molecule has 1 saturated carbocycles. The van der Waals surface area contributed by atoms with Gasteiger partial charge in [0.2, 0.25) is 0 Å². The van der Waals surface area contributed by atoms with Crippen molar-refractivity contribution < 1.29 is 0 Å². The lowest BCUT2D eigenvalue weighted by molar-refractivity contribution is -0.0750. The van der Waals surface area contributed by atoms with E-state index in [4.69, 9.17) is 5.73 Å². The van der Waals surface area contributed by atoms with Crippen molar-refractivity contribution in [2.75, 3.05) is 13.1 Å². The van der Waals surface area contributed by atoms with Crippen LogP contribution in [0.25, 0.3) is 0 Å². The molecule has 0 aromatic rings. The van der Waals surface area contributed by atoms with Gasteiger partial charge in [-0.15, -0.1) is 0 Å². The molecule has 0 spiro atoms. The zero-order valence-corrected chi connectivity index (χ0v) is 14.8. The van der Waals surface area contributed by atoms with Crippen molar-refractivity contribution in [3.63, 3.8) is 0 Å². The molecule has 2 heteroatoms. The lowest BCUT2D eigenvalue weighted by atomic mass is 9.61. The molecule has 2 nitrogen and oxygen atoms in total. The fraction of sp³-hybridized carbons (Fsp3) is 1.00. The minimum Gasteiger partial charge on any atom is -0.329 e. The average Bonchev–Trinajstić information content (AvgIpc) is 2.38. The lowest BCUT2D eigenvalue weighted by Gasteiger charge is -2.58. The van der Waals surface area contributed by atoms with E-state index in [1.54, 1.807) is 0 Å². The van der Waals surface area contributed by atoms with Crippen LogP contribution in [0, 0.1) is 11.3 Å². The molecular formula is C18H38N2. The first kappa shape index (κ1) is 18.0. The van der Waals surface area contributed by atoms with E-state index < -0.39 is 0 Å². The third kappa shape index (κ3) is 3.39. The maximum Gasteiger partial charge on any atom is 0.0385 e. The minimum absolute atomic E-state index is 0.201. The Bertz CT molecular complexity index is 281. The highest BCUT2D eigenvalue weighted by atomic mass is 15.3. The minimum atomic E-state index is 0.201. The predicted molar refractivity (Wildman–Crippen MR) is 89.9 cm³/mol. The van der Waals surface area contributed by atoms with Crippen LogP contribution in [0.3, 0.4) is 0 Å². The van der Waals surface area contributed by atoms with Gasteiger partial charge in [-0.2, -0.15) is 0 Å². The van der Waals surface area contributed by atoms with Crippen molar-refractivity contribution in [1.29, 1.82) is 0 Å². The van der Waals surface area contributed by atoms with Gasteiger partial charge in [0.25, 0.3) is 0 Å². The third-order valence-corrected chi connectivity index (χ3v) is 5.73. The maximum absolute atomic E-state index is 6.40. The van der Waals surface area contributed by atoms with Gasteiger partial charge in [0.05, 0.1) is 0 Å². The van der Waals surface area contributed by atoms with Crippen molar-refractivity contribution >= 4 is 0 Å². The number of hydrogen-bond donors (Lipinski definition) is 1. The predicted octanol–water partition coefficient (Wildman–Crippen LogP) is 4.43. The summed E-state index contributed by atoms with van der Waals surface area (Å²) >= 11 is 0. The Morgan fingerprint density at radius 2 is 1.60 bits per heavy atom. The topological polar surface area (TPSA) is 29.3 Å². The summed E-state index contributed by atoms with van der Waals surface area (Å²) in [5.74, 6) is 0.705. The molecule has 0 aromatic heterocycles. The van der Waals surface area contributed by atoms with Crippen molar-refractivity contribution in [2.24, 2.45) is 17.1 Å². The lowest BCUT2D eigenvalue weighted by Crippen LogP contribution is -2.66. The Labute approximate surface area is 127 Å². The largest absolute Gasteiger partial charge is 0.329 e. The first-order chi connectivity index (χ1) is 9.34. The molecule has 1 atom stereocenters. The Hall–Kier alpha value is -0.0800. The summed E-state index contributed by atoms with van der Waals surface area (Å²) in [5.41, 5.74) is 6.93. The van der Waals surface area contributed by atoms with Gasteiger partial charge in [0.15, 0.2) is 0 Å². The molecule has 1 unspecified atom stereocenters. The van der Waals surface area contributed by atoms with Crippen molar-refractivity contribution in [3.05, 3.63) is 0 Å². The monoisotopic (exact) mass is 282 g/mol. The molecule has 0 bridgehead atoms. The second kappa shape index (κ2) is 7.26. The summed E-state index contributed by atoms with van der Waals surface area (Å²) in [4.78, 5) is 2.82. The van der Waals surface area contributed by atoms with Gasteiger partial charge in [-0.25, -0.2) is 0 Å². The molecule has 120 valence electrons. The molecule has 1 rings (SSSR count). The molecule has 2 N–H and O–H groups in total. The number of nitrogens with two attached hydrogens (primary N) is 1. The Morgan fingerprint density at radius 3 is 2.00 bits per heavy atom. The van der Waals surface area contributed by atoms with Crippen LogP contribution in [-0.2, 0) is 0 Å². The quantitative estimate of drug-likeness (QED) is 0.748.